The Kier molecular flexibility index (Phi) is 3.33. The molecular formula is C13H18FN5. The van der Waals surface area contributed by atoms with Gasteiger partial charge in [-0.25, -0.2) is 8.91 Å². The molecule has 1 saturated heterocycles. The van der Waals surface area contributed by atoms with Crippen molar-refractivity contribution in [2.24, 2.45) is 0 Å². The minimum Gasteiger partial charge on any atom is -0.338 e. The average molecular weight is 263 g/mol. The highest BCUT2D eigenvalue weighted by Crippen LogP contribution is 2.14. The molecule has 1 fully saturated rings. The SMILES string of the molecule is CCN(CC1CCCN1)c1nc2ccc(F)cn2n1. The fourth-order valence-corrected chi connectivity index (χ4v) is 2.51. The topological polar surface area (TPSA) is 45.5 Å². The third-order valence-corrected chi connectivity index (χ3v) is 3.55. The van der Waals surface area contributed by atoms with E-state index < -0.39 is 0 Å². The summed E-state index contributed by atoms with van der Waals surface area (Å²) in [6.07, 6.45) is 3.78. The van der Waals surface area contributed by atoms with Gasteiger partial charge in [0.05, 0.1) is 6.20 Å². The highest BCUT2D eigenvalue weighted by atomic mass is 19.1. The number of hydrogen-bond donors (Lipinski definition) is 1. The molecule has 0 spiro atoms. The van der Waals surface area contributed by atoms with Gasteiger partial charge >= 0.3 is 0 Å². The van der Waals surface area contributed by atoms with E-state index in [-0.39, 0.29) is 5.82 Å². The van der Waals surface area contributed by atoms with Crippen LogP contribution in [-0.2, 0) is 0 Å². The van der Waals surface area contributed by atoms with Gasteiger partial charge < -0.3 is 10.2 Å². The van der Waals surface area contributed by atoms with Crippen molar-refractivity contribution in [3.8, 4) is 0 Å². The van der Waals surface area contributed by atoms with Crippen molar-refractivity contribution in [1.29, 1.82) is 0 Å². The number of anilines is 1. The molecule has 1 aliphatic heterocycles. The predicted molar refractivity (Wildman–Crippen MR) is 71.9 cm³/mol. The molecule has 1 N–H and O–H groups in total. The number of aromatic nitrogens is 3. The van der Waals surface area contributed by atoms with Crippen LogP contribution in [0.15, 0.2) is 18.3 Å². The summed E-state index contributed by atoms with van der Waals surface area (Å²) in [5.74, 6) is 0.367. The van der Waals surface area contributed by atoms with Crippen LogP contribution in [0.5, 0.6) is 0 Å². The van der Waals surface area contributed by atoms with E-state index in [1.54, 1.807) is 6.07 Å². The van der Waals surface area contributed by atoms with Crippen molar-refractivity contribution in [2.45, 2.75) is 25.8 Å². The van der Waals surface area contributed by atoms with E-state index in [1.165, 1.54) is 29.6 Å². The van der Waals surface area contributed by atoms with Gasteiger partial charge in [0.15, 0.2) is 5.65 Å². The fraction of sp³-hybridized carbons (Fsp3) is 0.538. The van der Waals surface area contributed by atoms with Crippen molar-refractivity contribution in [2.75, 3.05) is 24.5 Å². The number of pyridine rings is 1. The molecule has 0 saturated carbocycles. The van der Waals surface area contributed by atoms with Gasteiger partial charge in [0, 0.05) is 19.1 Å². The Morgan fingerprint density at radius 1 is 1.53 bits per heavy atom. The zero-order valence-corrected chi connectivity index (χ0v) is 11.0. The monoisotopic (exact) mass is 263 g/mol. The van der Waals surface area contributed by atoms with Crippen molar-refractivity contribution < 1.29 is 4.39 Å². The van der Waals surface area contributed by atoms with Crippen LogP contribution in [0.4, 0.5) is 10.3 Å². The van der Waals surface area contributed by atoms with Crippen molar-refractivity contribution >= 4 is 11.6 Å². The van der Waals surface area contributed by atoms with Crippen LogP contribution >= 0.6 is 0 Å². The first-order valence-electron chi connectivity index (χ1n) is 6.76. The smallest absolute Gasteiger partial charge is 0.245 e. The number of fused-ring (bicyclic) bond motifs is 1. The maximum atomic E-state index is 13.1. The molecule has 0 aromatic carbocycles. The van der Waals surface area contributed by atoms with Gasteiger partial charge in [-0.1, -0.05) is 0 Å². The second kappa shape index (κ2) is 5.13. The van der Waals surface area contributed by atoms with Crippen LogP contribution in [-0.4, -0.2) is 40.3 Å². The van der Waals surface area contributed by atoms with Gasteiger partial charge in [-0.2, -0.15) is 4.98 Å². The minimum absolute atomic E-state index is 0.301. The van der Waals surface area contributed by atoms with Crippen molar-refractivity contribution in [1.82, 2.24) is 19.9 Å². The van der Waals surface area contributed by atoms with E-state index in [0.29, 0.717) is 17.6 Å². The van der Waals surface area contributed by atoms with Crippen LogP contribution < -0.4 is 10.2 Å². The summed E-state index contributed by atoms with van der Waals surface area (Å²) in [6.45, 7) is 4.92. The Hall–Kier alpha value is -1.69. The van der Waals surface area contributed by atoms with Crippen LogP contribution in [0.2, 0.25) is 0 Å². The Labute approximate surface area is 111 Å². The molecule has 0 radical (unpaired) electrons. The van der Waals surface area contributed by atoms with E-state index in [0.717, 1.165) is 19.6 Å². The number of nitrogens with zero attached hydrogens (tertiary/aromatic N) is 4. The van der Waals surface area contributed by atoms with Gasteiger partial charge in [0.25, 0.3) is 0 Å². The molecule has 3 rings (SSSR count). The molecule has 102 valence electrons. The summed E-state index contributed by atoms with van der Waals surface area (Å²) in [7, 11) is 0. The molecule has 2 aromatic rings. The number of hydrogen-bond acceptors (Lipinski definition) is 4. The quantitative estimate of drug-likeness (QED) is 0.907. The van der Waals surface area contributed by atoms with Crippen molar-refractivity contribution in [3.63, 3.8) is 0 Å². The van der Waals surface area contributed by atoms with Gasteiger partial charge in [-0.15, -0.1) is 5.10 Å². The van der Waals surface area contributed by atoms with E-state index in [1.807, 2.05) is 0 Å². The van der Waals surface area contributed by atoms with Gasteiger partial charge in [0.1, 0.15) is 5.82 Å². The zero-order chi connectivity index (χ0) is 13.2. The number of nitrogens with one attached hydrogen (secondary N) is 1. The zero-order valence-electron chi connectivity index (χ0n) is 11.0. The summed E-state index contributed by atoms with van der Waals surface area (Å²) < 4.78 is 14.6. The van der Waals surface area contributed by atoms with Crippen molar-refractivity contribution in [3.05, 3.63) is 24.1 Å². The molecule has 5 nitrogen and oxygen atoms in total. The first-order chi connectivity index (χ1) is 9.26. The third-order valence-electron chi connectivity index (χ3n) is 3.55. The lowest BCUT2D eigenvalue weighted by atomic mass is 10.2. The van der Waals surface area contributed by atoms with Crippen LogP contribution in [0.3, 0.4) is 0 Å². The molecule has 0 aliphatic carbocycles. The van der Waals surface area contributed by atoms with E-state index in [4.69, 9.17) is 0 Å². The van der Waals surface area contributed by atoms with Crippen LogP contribution in [0.1, 0.15) is 19.8 Å². The van der Waals surface area contributed by atoms with Gasteiger partial charge in [-0.05, 0) is 38.4 Å². The molecule has 1 atom stereocenters. The lowest BCUT2D eigenvalue weighted by Crippen LogP contribution is -2.38. The Morgan fingerprint density at radius 2 is 2.42 bits per heavy atom. The average Bonchev–Trinajstić information content (AvgIpc) is 3.03. The highest BCUT2D eigenvalue weighted by molar-refractivity contribution is 5.44. The first-order valence-corrected chi connectivity index (χ1v) is 6.76. The Balaban J connectivity index is 1.83. The molecule has 6 heteroatoms. The Morgan fingerprint density at radius 3 is 3.16 bits per heavy atom. The third kappa shape index (κ3) is 2.53. The molecule has 2 aromatic heterocycles. The lowest BCUT2D eigenvalue weighted by molar-refractivity contribution is 0.579. The lowest BCUT2D eigenvalue weighted by Gasteiger charge is -2.22. The maximum absolute atomic E-state index is 13.1. The predicted octanol–water partition coefficient (Wildman–Crippen LogP) is 1.45. The minimum atomic E-state index is -0.301. The number of halogens is 1. The fourth-order valence-electron chi connectivity index (χ4n) is 2.51. The summed E-state index contributed by atoms with van der Waals surface area (Å²) in [5.41, 5.74) is 0.675. The summed E-state index contributed by atoms with van der Waals surface area (Å²) in [6, 6.07) is 3.55. The summed E-state index contributed by atoms with van der Waals surface area (Å²) >= 11 is 0. The molecular weight excluding hydrogens is 245 g/mol. The first kappa shape index (κ1) is 12.3. The number of likely N-dealkylation sites (N-methyl/N-ethyl adjacent to an activating group) is 1. The second-order valence-corrected chi connectivity index (χ2v) is 4.89. The standard InChI is InChI=1S/C13H18FN5/c1-2-18(9-11-4-3-7-15-11)13-16-12-6-5-10(14)8-19(12)17-13/h5-6,8,11,15H,2-4,7,9H2,1H3. The highest BCUT2D eigenvalue weighted by Gasteiger charge is 2.19. The Bertz CT molecular complexity index is 561. The second-order valence-electron chi connectivity index (χ2n) is 4.89. The molecule has 19 heavy (non-hydrogen) atoms. The molecule has 1 aliphatic rings. The number of rotatable bonds is 4. The van der Waals surface area contributed by atoms with Gasteiger partial charge in [0.2, 0.25) is 5.95 Å². The van der Waals surface area contributed by atoms with E-state index in [9.17, 15) is 4.39 Å². The normalized spacial score (nSPS) is 19.2. The van der Waals surface area contributed by atoms with Crippen LogP contribution in [0, 0.1) is 5.82 Å². The molecule has 0 amide bonds. The van der Waals surface area contributed by atoms with Gasteiger partial charge in [-0.3, -0.25) is 0 Å². The van der Waals surface area contributed by atoms with E-state index in [2.05, 4.69) is 27.2 Å². The molecule has 3 heterocycles. The summed E-state index contributed by atoms with van der Waals surface area (Å²) in [5, 5.41) is 7.82. The summed E-state index contributed by atoms with van der Waals surface area (Å²) in [4.78, 5) is 6.58. The largest absolute Gasteiger partial charge is 0.338 e. The molecule has 0 bridgehead atoms. The van der Waals surface area contributed by atoms with Crippen LogP contribution in [0.25, 0.3) is 5.65 Å². The molecule has 1 unspecified atom stereocenters. The maximum Gasteiger partial charge on any atom is 0.245 e. The van der Waals surface area contributed by atoms with E-state index >= 15 is 0 Å².